The van der Waals surface area contributed by atoms with Gasteiger partial charge >= 0.3 is 0 Å². The molecule has 2 aliphatic rings. The maximum atomic E-state index is 12.8. The average molecular weight is 273 g/mol. The van der Waals surface area contributed by atoms with Crippen molar-refractivity contribution in [1.29, 1.82) is 0 Å². The summed E-state index contributed by atoms with van der Waals surface area (Å²) in [6.07, 6.45) is 8.38. The van der Waals surface area contributed by atoms with E-state index >= 15 is 0 Å². The van der Waals surface area contributed by atoms with Gasteiger partial charge in [0.15, 0.2) is 0 Å². The molecule has 1 aliphatic heterocycles. The Hall–Kier alpha value is -1.22. The van der Waals surface area contributed by atoms with Crippen molar-refractivity contribution in [1.82, 2.24) is 0 Å². The van der Waals surface area contributed by atoms with Gasteiger partial charge in [0.25, 0.3) is 0 Å². The lowest BCUT2D eigenvalue weighted by atomic mass is 9.93. The molecule has 0 N–H and O–H groups in total. The van der Waals surface area contributed by atoms with E-state index in [4.69, 9.17) is 0 Å². The second kappa shape index (κ2) is 5.83. The number of rotatable bonds is 1. The summed E-state index contributed by atoms with van der Waals surface area (Å²) in [5.41, 5.74) is 1.12. The summed E-state index contributed by atoms with van der Waals surface area (Å²) in [7, 11) is 0. The quantitative estimate of drug-likeness (QED) is 0.724. The number of hydrogen-bond acceptors (Lipinski definition) is 2. The lowest BCUT2D eigenvalue weighted by Gasteiger charge is -2.27. The van der Waals surface area contributed by atoms with Crippen molar-refractivity contribution in [2.24, 2.45) is 5.92 Å². The first-order valence-electron chi connectivity index (χ1n) is 7.04. The van der Waals surface area contributed by atoms with Gasteiger partial charge in [0, 0.05) is 17.4 Å². The van der Waals surface area contributed by atoms with E-state index < -0.39 is 0 Å². The molecule has 0 bridgehead atoms. The van der Waals surface area contributed by atoms with E-state index in [1.54, 1.807) is 0 Å². The molecule has 19 heavy (non-hydrogen) atoms. The maximum absolute atomic E-state index is 12.8. The van der Waals surface area contributed by atoms with Gasteiger partial charge in [-0.1, -0.05) is 24.3 Å². The minimum Gasteiger partial charge on any atom is -0.311 e. The maximum Gasteiger partial charge on any atom is 0.230 e. The fourth-order valence-electron chi connectivity index (χ4n) is 2.79. The zero-order valence-electron chi connectivity index (χ0n) is 11.0. The van der Waals surface area contributed by atoms with Gasteiger partial charge in [0.2, 0.25) is 5.91 Å². The molecule has 0 aromatic heterocycles. The second-order valence-corrected chi connectivity index (χ2v) is 6.28. The lowest BCUT2D eigenvalue weighted by Crippen LogP contribution is -2.37. The van der Waals surface area contributed by atoms with Crippen molar-refractivity contribution < 1.29 is 4.79 Å². The number of anilines is 1. The minimum absolute atomic E-state index is 0.182. The van der Waals surface area contributed by atoms with Crippen molar-refractivity contribution >= 4 is 23.4 Å². The van der Waals surface area contributed by atoms with Crippen LogP contribution < -0.4 is 4.90 Å². The highest BCUT2D eigenvalue weighted by molar-refractivity contribution is 7.99. The van der Waals surface area contributed by atoms with Crippen molar-refractivity contribution in [3.05, 3.63) is 36.4 Å². The smallest absolute Gasteiger partial charge is 0.230 e. The number of nitrogens with zero attached hydrogens (tertiary/aromatic N) is 1. The molecule has 1 atom stereocenters. The van der Waals surface area contributed by atoms with E-state index in [1.807, 2.05) is 22.7 Å². The summed E-state index contributed by atoms with van der Waals surface area (Å²) in [6, 6.07) is 8.31. The standard InChI is InChI=1S/C16H19NOS/c18-16(13-7-2-1-3-8-13)17-11-6-12-19-15-10-5-4-9-14(15)17/h1-2,4-5,9-10,13H,3,6-8,11-12H2. The van der Waals surface area contributed by atoms with Crippen molar-refractivity contribution in [3.63, 3.8) is 0 Å². The van der Waals surface area contributed by atoms with Gasteiger partial charge in [-0.25, -0.2) is 0 Å². The van der Waals surface area contributed by atoms with Crippen LogP contribution in [0.15, 0.2) is 41.3 Å². The van der Waals surface area contributed by atoms with Crippen LogP contribution in [-0.2, 0) is 4.79 Å². The Morgan fingerprint density at radius 1 is 1.26 bits per heavy atom. The highest BCUT2D eigenvalue weighted by Crippen LogP contribution is 2.35. The molecule has 1 aromatic carbocycles. The summed E-state index contributed by atoms with van der Waals surface area (Å²) in [5, 5.41) is 0. The van der Waals surface area contributed by atoms with E-state index in [9.17, 15) is 4.79 Å². The Labute approximate surface area is 118 Å². The number of amides is 1. The van der Waals surface area contributed by atoms with Crippen LogP contribution in [0, 0.1) is 5.92 Å². The third-order valence-corrected chi connectivity index (χ3v) is 4.97. The monoisotopic (exact) mass is 273 g/mol. The molecule has 1 aliphatic carbocycles. The number of carbonyl (C=O) groups excluding carboxylic acids is 1. The first kappa shape index (κ1) is 12.8. The molecule has 3 heteroatoms. The zero-order chi connectivity index (χ0) is 13.1. The number of fused-ring (bicyclic) bond motifs is 1. The van der Waals surface area contributed by atoms with E-state index in [0.29, 0.717) is 5.91 Å². The van der Waals surface area contributed by atoms with Gasteiger partial charge in [-0.3, -0.25) is 4.79 Å². The van der Waals surface area contributed by atoms with Crippen molar-refractivity contribution in [2.45, 2.75) is 30.6 Å². The molecule has 100 valence electrons. The molecule has 0 spiro atoms. The fraction of sp³-hybridized carbons (Fsp3) is 0.438. The zero-order valence-corrected chi connectivity index (χ0v) is 11.9. The number of thioether (sulfide) groups is 1. The Morgan fingerprint density at radius 3 is 3.00 bits per heavy atom. The summed E-state index contributed by atoms with van der Waals surface area (Å²) in [6.45, 7) is 0.864. The predicted octanol–water partition coefficient (Wildman–Crippen LogP) is 3.87. The number of para-hydroxylation sites is 1. The molecule has 1 aromatic rings. The molecule has 0 radical (unpaired) electrons. The molecule has 1 heterocycles. The molecule has 0 fully saturated rings. The minimum atomic E-state index is 0.182. The number of benzene rings is 1. The van der Waals surface area contributed by atoms with Crippen LogP contribution in [0.5, 0.6) is 0 Å². The van der Waals surface area contributed by atoms with Crippen LogP contribution in [0.25, 0.3) is 0 Å². The van der Waals surface area contributed by atoms with Gasteiger partial charge in [-0.05, 0) is 43.6 Å². The van der Waals surface area contributed by atoms with Gasteiger partial charge in [0.05, 0.1) is 5.69 Å². The molecular weight excluding hydrogens is 254 g/mol. The van der Waals surface area contributed by atoms with Crippen LogP contribution in [0.2, 0.25) is 0 Å². The topological polar surface area (TPSA) is 20.3 Å². The normalized spacial score (nSPS) is 22.7. The van der Waals surface area contributed by atoms with Gasteiger partial charge < -0.3 is 4.90 Å². The Morgan fingerprint density at radius 2 is 2.16 bits per heavy atom. The Bertz CT molecular complexity index is 497. The van der Waals surface area contributed by atoms with E-state index in [1.165, 1.54) is 4.90 Å². The molecule has 0 saturated carbocycles. The van der Waals surface area contributed by atoms with Crippen LogP contribution >= 0.6 is 11.8 Å². The van der Waals surface area contributed by atoms with Crippen LogP contribution in [0.3, 0.4) is 0 Å². The predicted molar refractivity (Wildman–Crippen MR) is 80.6 cm³/mol. The molecule has 3 rings (SSSR count). The van der Waals surface area contributed by atoms with Crippen LogP contribution in [0.1, 0.15) is 25.7 Å². The third-order valence-electron chi connectivity index (χ3n) is 3.82. The SMILES string of the molecule is O=C(C1CC=CCC1)N1CCCSc2ccccc21. The fourth-order valence-corrected chi connectivity index (χ4v) is 3.79. The number of carbonyl (C=O) groups is 1. The molecular formula is C16H19NOS. The van der Waals surface area contributed by atoms with E-state index in [0.717, 1.165) is 43.7 Å². The van der Waals surface area contributed by atoms with Crippen LogP contribution in [-0.4, -0.2) is 18.2 Å². The molecule has 2 nitrogen and oxygen atoms in total. The van der Waals surface area contributed by atoms with E-state index in [-0.39, 0.29) is 5.92 Å². The van der Waals surface area contributed by atoms with Gasteiger partial charge in [-0.15, -0.1) is 11.8 Å². The highest BCUT2D eigenvalue weighted by Gasteiger charge is 2.27. The summed E-state index contributed by atoms with van der Waals surface area (Å²) < 4.78 is 0. The summed E-state index contributed by atoms with van der Waals surface area (Å²) >= 11 is 1.87. The summed E-state index contributed by atoms with van der Waals surface area (Å²) in [4.78, 5) is 16.0. The largest absolute Gasteiger partial charge is 0.311 e. The molecule has 1 amide bonds. The second-order valence-electron chi connectivity index (χ2n) is 5.14. The van der Waals surface area contributed by atoms with E-state index in [2.05, 4.69) is 30.4 Å². The van der Waals surface area contributed by atoms with Gasteiger partial charge in [-0.2, -0.15) is 0 Å². The first-order valence-corrected chi connectivity index (χ1v) is 8.03. The number of allylic oxidation sites excluding steroid dienone is 2. The van der Waals surface area contributed by atoms with Crippen molar-refractivity contribution in [3.8, 4) is 0 Å². The van der Waals surface area contributed by atoms with Gasteiger partial charge in [0.1, 0.15) is 0 Å². The van der Waals surface area contributed by atoms with Crippen LogP contribution in [0.4, 0.5) is 5.69 Å². The Kier molecular flexibility index (Phi) is 3.92. The average Bonchev–Trinajstić information content (AvgIpc) is 2.70. The molecule has 0 saturated heterocycles. The van der Waals surface area contributed by atoms with Crippen molar-refractivity contribution in [2.75, 3.05) is 17.2 Å². The summed E-state index contributed by atoms with van der Waals surface area (Å²) in [5.74, 6) is 1.60. The first-order chi connectivity index (χ1) is 9.36. The lowest BCUT2D eigenvalue weighted by molar-refractivity contribution is -0.122. The Balaban J connectivity index is 1.87. The third kappa shape index (κ3) is 2.71. The molecule has 1 unspecified atom stereocenters. The number of hydrogen-bond donors (Lipinski definition) is 0. The highest BCUT2D eigenvalue weighted by atomic mass is 32.2.